The van der Waals surface area contributed by atoms with Gasteiger partial charge < -0.3 is 10.1 Å². The number of anilines is 2. The Kier molecular flexibility index (Phi) is 6.05. The van der Waals surface area contributed by atoms with Gasteiger partial charge in [0.1, 0.15) is 11.6 Å². The fourth-order valence-corrected chi connectivity index (χ4v) is 2.76. The number of hydrogen-bond donors (Lipinski definition) is 2. The third-order valence-electron chi connectivity index (χ3n) is 4.51. The molecule has 1 aromatic carbocycles. The highest BCUT2D eigenvalue weighted by Gasteiger charge is 2.25. The van der Waals surface area contributed by atoms with Gasteiger partial charge in [0.2, 0.25) is 0 Å². The Morgan fingerprint density at radius 3 is 2.55 bits per heavy atom. The average Bonchev–Trinajstić information content (AvgIpc) is 3.11. The van der Waals surface area contributed by atoms with Crippen LogP contribution < -0.4 is 15.4 Å². The normalized spacial score (nSPS) is 14.1. The number of benzene rings is 1. The smallest absolute Gasteiger partial charge is 0.324 e. The molecular weight excluding hydrogens is 396 g/mol. The first-order valence-corrected chi connectivity index (χ1v) is 9.88. The molecule has 31 heavy (non-hydrogen) atoms. The van der Waals surface area contributed by atoms with Crippen LogP contribution >= 0.6 is 0 Å². The van der Waals surface area contributed by atoms with E-state index in [1.165, 1.54) is 4.68 Å². The van der Waals surface area contributed by atoms with E-state index in [1.54, 1.807) is 31.2 Å². The van der Waals surface area contributed by atoms with Gasteiger partial charge in [-0.25, -0.2) is 9.79 Å². The van der Waals surface area contributed by atoms with Crippen LogP contribution in [0.2, 0.25) is 0 Å². The van der Waals surface area contributed by atoms with Gasteiger partial charge in [0.15, 0.2) is 0 Å². The van der Waals surface area contributed by atoms with Crippen molar-refractivity contribution in [2.24, 2.45) is 9.98 Å². The summed E-state index contributed by atoms with van der Waals surface area (Å²) >= 11 is 0. The second-order valence-electron chi connectivity index (χ2n) is 7.98. The van der Waals surface area contributed by atoms with Gasteiger partial charge >= 0.3 is 6.03 Å². The number of nitrogens with one attached hydrogen (secondary N) is 2. The van der Waals surface area contributed by atoms with Crippen molar-refractivity contribution >= 4 is 35.1 Å². The van der Waals surface area contributed by atoms with Crippen LogP contribution in [0.15, 0.2) is 52.5 Å². The molecule has 2 aromatic rings. The van der Waals surface area contributed by atoms with Crippen molar-refractivity contribution < 1.29 is 14.3 Å². The van der Waals surface area contributed by atoms with E-state index >= 15 is 0 Å². The van der Waals surface area contributed by atoms with E-state index in [9.17, 15) is 9.59 Å². The minimum Gasteiger partial charge on any atom is -0.492 e. The van der Waals surface area contributed by atoms with Crippen molar-refractivity contribution in [3.05, 3.63) is 48.2 Å². The molecule has 0 spiro atoms. The zero-order valence-corrected chi connectivity index (χ0v) is 18.3. The lowest BCUT2D eigenvalue weighted by atomic mass is 9.92. The largest absolute Gasteiger partial charge is 0.492 e. The van der Waals surface area contributed by atoms with Crippen LogP contribution in [-0.4, -0.2) is 40.0 Å². The summed E-state index contributed by atoms with van der Waals surface area (Å²) in [6, 6.07) is 8.37. The van der Waals surface area contributed by atoms with Crippen LogP contribution in [0.1, 0.15) is 40.3 Å². The molecule has 0 aliphatic carbocycles. The molecule has 0 saturated heterocycles. The first-order valence-electron chi connectivity index (χ1n) is 9.88. The van der Waals surface area contributed by atoms with E-state index in [-0.39, 0.29) is 16.9 Å². The number of aliphatic imine (C=N–C) groups is 2. The van der Waals surface area contributed by atoms with E-state index in [0.29, 0.717) is 35.3 Å². The van der Waals surface area contributed by atoms with Crippen LogP contribution in [0.5, 0.6) is 5.75 Å². The number of para-hydroxylation sites is 2. The Morgan fingerprint density at radius 2 is 1.90 bits per heavy atom. The fourth-order valence-electron chi connectivity index (χ4n) is 2.76. The molecule has 2 N–H and O–H groups in total. The van der Waals surface area contributed by atoms with Crippen molar-refractivity contribution in [2.45, 2.75) is 40.0 Å². The minimum atomic E-state index is -0.499. The molecule has 0 bridgehead atoms. The molecule has 3 rings (SSSR count). The van der Waals surface area contributed by atoms with E-state index in [1.807, 2.05) is 33.8 Å². The molecule has 3 amide bonds. The van der Waals surface area contributed by atoms with Crippen molar-refractivity contribution in [2.75, 3.05) is 17.2 Å². The van der Waals surface area contributed by atoms with Crippen molar-refractivity contribution in [1.82, 2.24) is 9.78 Å². The van der Waals surface area contributed by atoms with Gasteiger partial charge in [0.05, 0.1) is 29.3 Å². The highest BCUT2D eigenvalue weighted by Crippen LogP contribution is 2.26. The predicted octanol–water partition coefficient (Wildman–Crippen LogP) is 3.98. The van der Waals surface area contributed by atoms with Crippen molar-refractivity contribution in [3.63, 3.8) is 0 Å². The minimum absolute atomic E-state index is 0.0652. The van der Waals surface area contributed by atoms with Gasteiger partial charge in [-0.1, -0.05) is 39.5 Å². The van der Waals surface area contributed by atoms with Crippen LogP contribution in [-0.2, 0) is 10.2 Å². The molecular formula is C22H26N6O3. The summed E-state index contributed by atoms with van der Waals surface area (Å²) < 4.78 is 6.90. The number of nitrogens with zero attached hydrogens (tertiary/aromatic N) is 4. The average molecular weight is 422 g/mol. The van der Waals surface area contributed by atoms with Crippen LogP contribution in [0, 0.1) is 0 Å². The maximum Gasteiger partial charge on any atom is 0.324 e. The number of carbonyl (C=O) groups excluding carboxylic acids is 2. The molecule has 1 aliphatic heterocycles. The monoisotopic (exact) mass is 422 g/mol. The maximum absolute atomic E-state index is 12.7. The van der Waals surface area contributed by atoms with E-state index in [2.05, 4.69) is 32.3 Å². The number of urea groups is 1. The Labute approximate surface area is 180 Å². The third kappa shape index (κ3) is 4.88. The number of amides is 3. The van der Waals surface area contributed by atoms with Gasteiger partial charge in [0, 0.05) is 11.5 Å². The molecule has 1 aromatic heterocycles. The maximum atomic E-state index is 12.7. The number of rotatable bonds is 4. The number of aromatic nitrogens is 2. The molecule has 0 fully saturated rings. The van der Waals surface area contributed by atoms with Gasteiger partial charge in [-0.2, -0.15) is 14.8 Å². The quantitative estimate of drug-likeness (QED) is 0.726. The summed E-state index contributed by atoms with van der Waals surface area (Å²) in [5, 5.41) is 10.1. The summed E-state index contributed by atoms with van der Waals surface area (Å²) in [7, 11) is 0. The molecule has 9 nitrogen and oxygen atoms in total. The van der Waals surface area contributed by atoms with E-state index < -0.39 is 11.9 Å². The lowest BCUT2D eigenvalue weighted by Gasteiger charge is -2.15. The molecule has 2 heterocycles. The summed E-state index contributed by atoms with van der Waals surface area (Å²) in [6.45, 7) is 13.7. The second kappa shape index (κ2) is 8.55. The molecule has 0 radical (unpaired) electrons. The van der Waals surface area contributed by atoms with Crippen molar-refractivity contribution in [3.8, 4) is 5.75 Å². The topological polar surface area (TPSA) is 110 Å². The van der Waals surface area contributed by atoms with Gasteiger partial charge in [-0.3, -0.25) is 10.1 Å². The summed E-state index contributed by atoms with van der Waals surface area (Å²) in [5.41, 5.74) is 1.60. The van der Waals surface area contributed by atoms with Crippen LogP contribution in [0.3, 0.4) is 0 Å². The van der Waals surface area contributed by atoms with Gasteiger partial charge in [0.25, 0.3) is 11.9 Å². The Bertz CT molecular complexity index is 1100. The highest BCUT2D eigenvalue weighted by molar-refractivity contribution is 6.27. The van der Waals surface area contributed by atoms with E-state index in [4.69, 9.17) is 4.74 Å². The third-order valence-corrected chi connectivity index (χ3v) is 4.51. The molecule has 9 heteroatoms. The number of hydrogen-bond acceptors (Lipinski definition) is 5. The standard InChI is InChI=1S/C22H26N6O3/c1-7-31-16-11-9-8-10-15(16)24-21(30)25-18-12-17(22(4,5)6)27-28(18)20-23-14(3)13(2)19(29)26-20/h8-12H,2,7H2,1,3-6H3,(H2,24,25,30). The van der Waals surface area contributed by atoms with E-state index in [0.717, 1.165) is 0 Å². The lowest BCUT2D eigenvalue weighted by Crippen LogP contribution is -2.27. The van der Waals surface area contributed by atoms with Gasteiger partial charge in [-0.15, -0.1) is 0 Å². The van der Waals surface area contributed by atoms with Crippen molar-refractivity contribution in [1.29, 1.82) is 0 Å². The Morgan fingerprint density at radius 1 is 1.19 bits per heavy atom. The molecule has 162 valence electrons. The molecule has 0 atom stereocenters. The number of ether oxygens (including phenoxy) is 1. The lowest BCUT2D eigenvalue weighted by molar-refractivity contribution is -0.113. The fraction of sp³-hybridized carbons (Fsp3) is 0.318. The second-order valence-corrected chi connectivity index (χ2v) is 7.98. The summed E-state index contributed by atoms with van der Waals surface area (Å²) in [6.07, 6.45) is 0. The molecule has 0 saturated carbocycles. The first kappa shape index (κ1) is 21.9. The zero-order valence-electron chi connectivity index (χ0n) is 18.3. The first-order chi connectivity index (χ1) is 14.6. The highest BCUT2D eigenvalue weighted by atomic mass is 16.5. The number of carbonyl (C=O) groups is 2. The molecule has 1 aliphatic rings. The Balaban J connectivity index is 1.93. The SMILES string of the molecule is C=C1C(=O)N=C(n2nc(C(C)(C)C)cc2NC(=O)Nc2ccccc2OCC)N=C1C. The van der Waals surface area contributed by atoms with Crippen LogP contribution in [0.4, 0.5) is 16.3 Å². The van der Waals surface area contributed by atoms with Crippen LogP contribution in [0.25, 0.3) is 0 Å². The summed E-state index contributed by atoms with van der Waals surface area (Å²) in [4.78, 5) is 33.2. The summed E-state index contributed by atoms with van der Waals surface area (Å²) in [5.74, 6) is 0.462. The zero-order chi connectivity index (χ0) is 22.8. The Hall–Kier alpha value is -3.75. The predicted molar refractivity (Wildman–Crippen MR) is 121 cm³/mol. The molecule has 0 unspecified atom stereocenters. The van der Waals surface area contributed by atoms with Gasteiger partial charge in [-0.05, 0) is 26.0 Å².